The monoisotopic (exact) mass is 260 g/mol. The molecule has 1 N–H and O–H groups in total. The van der Waals surface area contributed by atoms with Crippen LogP contribution in [0.15, 0.2) is 0 Å². The number of unbranched alkanes of at least 4 members (excludes halogenated alkanes) is 2. The topological polar surface area (TPSA) is 55.8 Å². The van der Waals surface area contributed by atoms with Crippen LogP contribution < -0.4 is 0 Å². The highest BCUT2D eigenvalue weighted by atomic mass is 16.5. The molecule has 0 fully saturated rings. The van der Waals surface area contributed by atoms with Gasteiger partial charge in [0.1, 0.15) is 0 Å². The molecule has 0 aliphatic carbocycles. The fourth-order valence-corrected chi connectivity index (χ4v) is 1.45. The minimum absolute atomic E-state index is 0.622. The Morgan fingerprint density at radius 2 is 1.56 bits per heavy atom. The van der Waals surface area contributed by atoms with Crippen LogP contribution in [0.2, 0.25) is 0 Å². The molecular weight excluding hydrogens is 232 g/mol. The van der Waals surface area contributed by atoms with Crippen LogP contribution in [-0.2, 0) is 14.3 Å². The van der Waals surface area contributed by atoms with Gasteiger partial charge in [0.15, 0.2) is 0 Å². The van der Waals surface area contributed by atoms with Gasteiger partial charge in [-0.15, -0.1) is 0 Å². The van der Waals surface area contributed by atoms with E-state index in [9.17, 15) is 4.79 Å². The number of carboxylic acid groups (broad SMARTS) is 1. The second-order valence-corrected chi connectivity index (χ2v) is 5.22. The fraction of sp³-hybridized carbons (Fsp3) is 0.929. The molecular formula is C14H28O4. The molecule has 0 aliphatic rings. The fourth-order valence-electron chi connectivity index (χ4n) is 1.45. The normalized spacial score (nSPS) is 11.7. The third kappa shape index (κ3) is 9.42. The van der Waals surface area contributed by atoms with Crippen LogP contribution in [0.25, 0.3) is 0 Å². The lowest BCUT2D eigenvalue weighted by Crippen LogP contribution is -2.23. The molecule has 0 saturated heterocycles. The van der Waals surface area contributed by atoms with Gasteiger partial charge in [-0.3, -0.25) is 4.79 Å². The van der Waals surface area contributed by atoms with Crippen molar-refractivity contribution in [3.05, 3.63) is 0 Å². The van der Waals surface area contributed by atoms with Crippen molar-refractivity contribution in [1.82, 2.24) is 0 Å². The van der Waals surface area contributed by atoms with Crippen LogP contribution in [0.5, 0.6) is 0 Å². The molecule has 0 amide bonds. The molecule has 0 heterocycles. The summed E-state index contributed by atoms with van der Waals surface area (Å²) in [6.07, 6.45) is 4.74. The molecule has 0 atom stereocenters. The Kier molecular flexibility index (Phi) is 9.98. The highest BCUT2D eigenvalue weighted by molar-refractivity contribution is 5.73. The van der Waals surface area contributed by atoms with Crippen molar-refractivity contribution < 1.29 is 19.4 Å². The van der Waals surface area contributed by atoms with Gasteiger partial charge in [0.2, 0.25) is 0 Å². The maximum Gasteiger partial charge on any atom is 0.309 e. The molecule has 0 unspecified atom stereocenters. The first-order chi connectivity index (χ1) is 8.50. The van der Waals surface area contributed by atoms with Crippen LogP contribution in [0.4, 0.5) is 0 Å². The van der Waals surface area contributed by atoms with Gasteiger partial charge in [-0.2, -0.15) is 0 Å². The Balaban J connectivity index is 3.24. The van der Waals surface area contributed by atoms with E-state index in [0.29, 0.717) is 26.2 Å². The Morgan fingerprint density at radius 3 is 2.06 bits per heavy atom. The maximum absolute atomic E-state index is 10.9. The number of ether oxygens (including phenoxy) is 2. The maximum atomic E-state index is 10.9. The molecule has 0 aliphatic heterocycles. The average Bonchev–Trinajstić information content (AvgIpc) is 2.31. The second kappa shape index (κ2) is 10.3. The van der Waals surface area contributed by atoms with Crippen molar-refractivity contribution in [2.45, 2.75) is 52.9 Å². The molecule has 0 bridgehead atoms. The van der Waals surface area contributed by atoms with Gasteiger partial charge in [0.05, 0.1) is 18.6 Å². The van der Waals surface area contributed by atoms with Crippen molar-refractivity contribution in [2.75, 3.05) is 26.4 Å². The summed E-state index contributed by atoms with van der Waals surface area (Å²) >= 11 is 0. The molecule has 0 saturated carbocycles. The van der Waals surface area contributed by atoms with Gasteiger partial charge in [0, 0.05) is 13.2 Å². The summed E-state index contributed by atoms with van der Waals surface area (Å²) in [5.74, 6) is -0.729. The van der Waals surface area contributed by atoms with Crippen LogP contribution in [0, 0.1) is 5.41 Å². The number of carboxylic acids is 1. The summed E-state index contributed by atoms with van der Waals surface area (Å²) < 4.78 is 10.8. The first-order valence-electron chi connectivity index (χ1n) is 6.89. The van der Waals surface area contributed by atoms with E-state index in [1.807, 2.05) is 0 Å². The molecule has 0 aromatic heterocycles. The van der Waals surface area contributed by atoms with Crippen molar-refractivity contribution in [3.8, 4) is 0 Å². The lowest BCUT2D eigenvalue weighted by Gasteiger charge is -2.18. The van der Waals surface area contributed by atoms with Gasteiger partial charge >= 0.3 is 5.97 Å². The van der Waals surface area contributed by atoms with Gasteiger partial charge in [-0.25, -0.2) is 0 Å². The molecule has 0 rings (SSSR count). The van der Waals surface area contributed by atoms with E-state index in [1.165, 1.54) is 0 Å². The van der Waals surface area contributed by atoms with Gasteiger partial charge in [-0.1, -0.05) is 19.8 Å². The number of aliphatic carboxylic acids is 1. The van der Waals surface area contributed by atoms with Crippen LogP contribution in [0.3, 0.4) is 0 Å². The Bertz CT molecular complexity index is 214. The SMILES string of the molecule is CCCCOCCOCCCCC(C)(C)C(=O)O. The zero-order valence-electron chi connectivity index (χ0n) is 12.0. The number of hydrogen-bond donors (Lipinski definition) is 1. The van der Waals surface area contributed by atoms with Crippen molar-refractivity contribution in [2.24, 2.45) is 5.41 Å². The zero-order valence-corrected chi connectivity index (χ0v) is 12.0. The van der Waals surface area contributed by atoms with Crippen LogP contribution in [0.1, 0.15) is 52.9 Å². The van der Waals surface area contributed by atoms with Gasteiger partial charge < -0.3 is 14.6 Å². The minimum atomic E-state index is -0.729. The molecule has 18 heavy (non-hydrogen) atoms. The predicted molar refractivity (Wildman–Crippen MR) is 71.8 cm³/mol. The van der Waals surface area contributed by atoms with E-state index < -0.39 is 11.4 Å². The molecule has 4 heteroatoms. The molecule has 0 spiro atoms. The summed E-state index contributed by atoms with van der Waals surface area (Å²) in [5, 5.41) is 8.94. The van der Waals surface area contributed by atoms with E-state index >= 15 is 0 Å². The standard InChI is InChI=1S/C14H28O4/c1-4-5-9-17-11-12-18-10-7-6-8-14(2,3)13(15)16/h4-12H2,1-3H3,(H,15,16). The lowest BCUT2D eigenvalue weighted by atomic mass is 9.87. The average molecular weight is 260 g/mol. The number of hydrogen-bond acceptors (Lipinski definition) is 3. The molecule has 0 aromatic carbocycles. The highest BCUT2D eigenvalue weighted by Gasteiger charge is 2.25. The number of carbonyl (C=O) groups is 1. The lowest BCUT2D eigenvalue weighted by molar-refractivity contribution is -0.147. The largest absolute Gasteiger partial charge is 0.481 e. The summed E-state index contributed by atoms with van der Waals surface area (Å²) in [7, 11) is 0. The van der Waals surface area contributed by atoms with Crippen molar-refractivity contribution >= 4 is 5.97 Å². The van der Waals surface area contributed by atoms with E-state index in [-0.39, 0.29) is 0 Å². The van der Waals surface area contributed by atoms with Gasteiger partial charge in [0.25, 0.3) is 0 Å². The summed E-state index contributed by atoms with van der Waals surface area (Å²) in [6.45, 7) is 8.44. The van der Waals surface area contributed by atoms with Crippen LogP contribution in [-0.4, -0.2) is 37.5 Å². The van der Waals surface area contributed by atoms with Gasteiger partial charge in [-0.05, 0) is 33.1 Å². The van der Waals surface area contributed by atoms with E-state index in [4.69, 9.17) is 14.6 Å². The summed E-state index contributed by atoms with van der Waals surface area (Å²) in [5.41, 5.74) is -0.622. The minimum Gasteiger partial charge on any atom is -0.481 e. The van der Waals surface area contributed by atoms with Crippen LogP contribution >= 0.6 is 0 Å². The third-order valence-electron chi connectivity index (χ3n) is 2.93. The highest BCUT2D eigenvalue weighted by Crippen LogP contribution is 2.23. The summed E-state index contributed by atoms with van der Waals surface area (Å²) in [4.78, 5) is 10.9. The molecule has 0 radical (unpaired) electrons. The molecule has 4 nitrogen and oxygen atoms in total. The Labute approximate surface area is 111 Å². The second-order valence-electron chi connectivity index (χ2n) is 5.22. The van der Waals surface area contributed by atoms with Crippen molar-refractivity contribution in [3.63, 3.8) is 0 Å². The predicted octanol–water partition coefficient (Wildman–Crippen LogP) is 3.10. The third-order valence-corrected chi connectivity index (χ3v) is 2.93. The smallest absolute Gasteiger partial charge is 0.309 e. The first-order valence-corrected chi connectivity index (χ1v) is 6.89. The Morgan fingerprint density at radius 1 is 1.00 bits per heavy atom. The summed E-state index contributed by atoms with van der Waals surface area (Å²) in [6, 6.07) is 0. The van der Waals surface area contributed by atoms with E-state index in [0.717, 1.165) is 32.3 Å². The van der Waals surface area contributed by atoms with E-state index in [1.54, 1.807) is 13.8 Å². The Hall–Kier alpha value is -0.610. The van der Waals surface area contributed by atoms with Crippen molar-refractivity contribution in [1.29, 1.82) is 0 Å². The molecule has 108 valence electrons. The molecule has 0 aromatic rings. The number of rotatable bonds is 12. The first kappa shape index (κ1) is 17.4. The zero-order chi connectivity index (χ0) is 13.9. The van der Waals surface area contributed by atoms with E-state index in [2.05, 4.69) is 6.92 Å². The quantitative estimate of drug-likeness (QED) is 0.548.